The number of carbonyl (C=O) groups is 4. The molecule has 5 aromatic carbocycles. The summed E-state index contributed by atoms with van der Waals surface area (Å²) in [6, 6.07) is 20.8. The van der Waals surface area contributed by atoms with Crippen LogP contribution in [0.3, 0.4) is 0 Å². The van der Waals surface area contributed by atoms with Crippen LogP contribution >= 0.6 is 0 Å². The highest BCUT2D eigenvalue weighted by Gasteiger charge is 2.74. The SMILES string of the molecule is CCOC(=O)c1cn(Cc2ccc(N3CC4C(C3)C4(F)F)cc2F)cn1.O=C(O)c1cn(Cc2ccc(N3CC4C(C3)C4(F)F)cc2F)cn1.O=Cc1ccc(F)cc1F.O=Cc1ccc(N2CC3C(C2)C3(F)F)cc1F.OCc1ccc(N2CC3C(C2)C3(F)F)cc1F. The largest absolute Gasteiger partial charge is 0.476 e. The van der Waals surface area contributed by atoms with Gasteiger partial charge in [0.1, 0.15) is 34.9 Å². The monoisotopic (exact) mass is 1330 g/mol. The first kappa shape index (κ1) is 66.4. The third-order valence-electron chi connectivity index (χ3n) is 18.4. The van der Waals surface area contributed by atoms with Crippen LogP contribution in [0.25, 0.3) is 0 Å². The highest BCUT2D eigenvalue weighted by molar-refractivity contribution is 5.87. The molecule has 8 unspecified atom stereocenters. The first-order chi connectivity index (χ1) is 44.6. The molecule has 498 valence electrons. The molecule has 4 aliphatic carbocycles. The number of ether oxygens (including phenoxy) is 1. The Morgan fingerprint density at radius 1 is 0.479 bits per heavy atom. The van der Waals surface area contributed by atoms with Crippen molar-refractivity contribution < 1.29 is 95.6 Å². The van der Waals surface area contributed by atoms with Gasteiger partial charge in [0.15, 0.2) is 24.0 Å². The van der Waals surface area contributed by atoms with E-state index in [1.165, 1.54) is 66.0 Å². The summed E-state index contributed by atoms with van der Waals surface area (Å²) in [5.41, 5.74) is 3.35. The van der Waals surface area contributed by atoms with Crippen LogP contribution in [-0.4, -0.2) is 136 Å². The van der Waals surface area contributed by atoms with E-state index in [1.807, 2.05) is 0 Å². The van der Waals surface area contributed by atoms with E-state index < -0.39 is 118 Å². The number of fused-ring (bicyclic) bond motifs is 4. The number of alkyl halides is 8. The number of aliphatic hydroxyl groups is 1. The minimum absolute atomic E-state index is 0.0107. The fourth-order valence-electron chi connectivity index (χ4n) is 12.6. The van der Waals surface area contributed by atoms with Crippen molar-refractivity contribution in [2.75, 3.05) is 78.6 Å². The fourth-order valence-corrected chi connectivity index (χ4v) is 12.6. The predicted octanol–water partition coefficient (Wildman–Crippen LogP) is 11.6. The van der Waals surface area contributed by atoms with E-state index >= 15 is 0 Å². The zero-order chi connectivity index (χ0) is 67.5. The Hall–Kier alpha value is -9.02. The summed E-state index contributed by atoms with van der Waals surface area (Å²) in [5.74, 6) is -20.0. The van der Waals surface area contributed by atoms with Gasteiger partial charge in [-0.15, -0.1) is 0 Å². The van der Waals surface area contributed by atoms with Gasteiger partial charge in [-0.2, -0.15) is 0 Å². The van der Waals surface area contributed by atoms with Gasteiger partial charge in [0.2, 0.25) is 0 Å². The second kappa shape index (κ2) is 25.7. The Bertz CT molecular complexity index is 3970. The Morgan fingerprint density at radius 3 is 1.11 bits per heavy atom. The standard InChI is InChI=1S/C18H18F3N3O2.C16H14F3N3O2.C12H12F3NO.C12H10F3NO.C7H4F2O/c1-2-26-17(25)16-9-23(10-22-16)6-11-3-4-12(5-15(11)19)24-7-13-14(8-24)18(13,20)21;17-13-3-10(22-5-11-12(6-22)16(11,18)19)2-1-9(13)4-21-7-14(15(23)24)20-8-21;2*13-11-3-8(2-1-7(11)6-17)16-4-9-10(5-16)12(9,14)15;8-6-2-1-5(4-10)7(9)3-6/h3-5,9-10,13-14H,2,6-8H2,1H3;1-3,7-8,11-12H,4-6H2,(H,23,24);1-3,9-10,17H,4-6H2;1-3,6,9-10H,4-5H2;1-4H. The van der Waals surface area contributed by atoms with E-state index in [9.17, 15) is 80.6 Å². The molecule has 7 aromatic rings. The molecule has 0 amide bonds. The summed E-state index contributed by atoms with van der Waals surface area (Å²) in [6.07, 6.45) is 6.37. The number of nitrogens with zero attached hydrogens (tertiary/aromatic N) is 8. The quantitative estimate of drug-likeness (QED) is 0.0600. The Morgan fingerprint density at radius 2 is 0.798 bits per heavy atom. The van der Waals surface area contributed by atoms with Crippen LogP contribution in [0, 0.1) is 82.2 Å². The number of aldehydes is 2. The van der Waals surface area contributed by atoms with Crippen molar-refractivity contribution in [3.8, 4) is 0 Å². The number of halogens is 14. The molecule has 6 heterocycles. The zero-order valence-corrected chi connectivity index (χ0v) is 49.5. The lowest BCUT2D eigenvalue weighted by Crippen LogP contribution is -2.27. The number of esters is 1. The number of carboxylic acid groups (broad SMARTS) is 1. The van der Waals surface area contributed by atoms with Crippen LogP contribution in [-0.2, 0) is 24.4 Å². The van der Waals surface area contributed by atoms with Gasteiger partial charge in [0.25, 0.3) is 23.7 Å². The highest BCUT2D eigenvalue weighted by atomic mass is 19.3. The number of piperidine rings is 4. The second-order valence-electron chi connectivity index (χ2n) is 24.2. The van der Waals surface area contributed by atoms with E-state index in [0.717, 1.165) is 12.1 Å². The minimum atomic E-state index is -2.56. The molecule has 2 aromatic heterocycles. The van der Waals surface area contributed by atoms with E-state index in [4.69, 9.17) is 14.9 Å². The van der Waals surface area contributed by atoms with Gasteiger partial charge in [0, 0.05) is 110 Å². The average Bonchev–Trinajstić information content (AvgIpc) is 1.58. The van der Waals surface area contributed by atoms with Crippen molar-refractivity contribution in [2.45, 2.75) is 50.3 Å². The summed E-state index contributed by atoms with van der Waals surface area (Å²) >= 11 is 0. The average molecular weight is 1330 g/mol. The van der Waals surface area contributed by atoms with E-state index in [-0.39, 0.29) is 107 Å². The maximum absolute atomic E-state index is 14.4. The van der Waals surface area contributed by atoms with Gasteiger partial charge in [0.05, 0.1) is 97.4 Å². The summed E-state index contributed by atoms with van der Waals surface area (Å²) in [7, 11) is 0. The molecule has 0 bridgehead atoms. The molecular weight excluding hydrogens is 1270 g/mol. The van der Waals surface area contributed by atoms with Gasteiger partial charge < -0.3 is 43.7 Å². The number of aliphatic hydroxyl groups excluding tert-OH is 1. The minimum Gasteiger partial charge on any atom is -0.476 e. The van der Waals surface area contributed by atoms with Crippen molar-refractivity contribution >= 4 is 47.3 Å². The molecule has 0 spiro atoms. The normalized spacial score (nSPS) is 24.0. The summed E-state index contributed by atoms with van der Waals surface area (Å²) in [5, 5.41) is 17.7. The van der Waals surface area contributed by atoms with Crippen molar-refractivity contribution in [3.63, 3.8) is 0 Å². The van der Waals surface area contributed by atoms with Crippen molar-refractivity contribution in [3.05, 3.63) is 190 Å². The molecule has 4 aliphatic heterocycles. The second-order valence-corrected chi connectivity index (χ2v) is 24.2. The molecule has 4 saturated heterocycles. The predicted molar refractivity (Wildman–Crippen MR) is 311 cm³/mol. The number of anilines is 4. The molecule has 8 aliphatic rings. The first-order valence-corrected chi connectivity index (χ1v) is 29.6. The van der Waals surface area contributed by atoms with Gasteiger partial charge in [-0.1, -0.05) is 18.2 Å². The molecule has 94 heavy (non-hydrogen) atoms. The summed E-state index contributed by atoms with van der Waals surface area (Å²) in [6.45, 7) is 4.09. The van der Waals surface area contributed by atoms with Gasteiger partial charge >= 0.3 is 11.9 Å². The number of aromatic nitrogens is 4. The maximum Gasteiger partial charge on any atom is 0.358 e. The highest BCUT2D eigenvalue weighted by Crippen LogP contribution is 2.62. The van der Waals surface area contributed by atoms with Crippen LogP contribution < -0.4 is 19.6 Å². The maximum atomic E-state index is 14.4. The first-order valence-electron chi connectivity index (χ1n) is 29.6. The van der Waals surface area contributed by atoms with Crippen LogP contribution in [0.4, 0.5) is 84.2 Å². The van der Waals surface area contributed by atoms with E-state index in [2.05, 4.69) is 9.97 Å². The lowest BCUT2D eigenvalue weighted by molar-refractivity contribution is 0.0518. The number of rotatable bonds is 14. The molecule has 29 heteroatoms. The number of carboxylic acids is 1. The lowest BCUT2D eigenvalue weighted by Gasteiger charge is -2.22. The smallest absolute Gasteiger partial charge is 0.358 e. The summed E-state index contributed by atoms with van der Waals surface area (Å²) < 4.78 is 193. The molecule has 8 atom stereocenters. The van der Waals surface area contributed by atoms with Crippen LogP contribution in [0.1, 0.15) is 65.3 Å². The molecule has 0 radical (unpaired) electrons. The van der Waals surface area contributed by atoms with Crippen molar-refractivity contribution in [1.82, 2.24) is 19.1 Å². The van der Waals surface area contributed by atoms with Crippen LogP contribution in [0.2, 0.25) is 0 Å². The molecule has 4 saturated carbocycles. The number of aromatic carboxylic acids is 1. The van der Waals surface area contributed by atoms with Crippen LogP contribution in [0.5, 0.6) is 0 Å². The topological polar surface area (TPSA) is 167 Å². The third-order valence-corrected chi connectivity index (χ3v) is 18.4. The van der Waals surface area contributed by atoms with Crippen molar-refractivity contribution in [2.24, 2.45) is 47.3 Å². The number of carbonyl (C=O) groups excluding carboxylic acids is 3. The third kappa shape index (κ3) is 13.5. The van der Waals surface area contributed by atoms with E-state index in [1.54, 1.807) is 67.5 Å². The molecule has 8 fully saturated rings. The number of hydrogen-bond donors (Lipinski definition) is 2. The van der Waals surface area contributed by atoms with E-state index in [0.29, 0.717) is 52.5 Å². The van der Waals surface area contributed by atoms with Gasteiger partial charge in [-0.25, -0.2) is 81.0 Å². The summed E-state index contributed by atoms with van der Waals surface area (Å²) in [4.78, 5) is 57.6. The van der Waals surface area contributed by atoms with Gasteiger partial charge in [-0.05, 0) is 73.7 Å². The van der Waals surface area contributed by atoms with Crippen LogP contribution in [0.15, 0.2) is 116 Å². The Labute approximate surface area is 526 Å². The lowest BCUT2D eigenvalue weighted by atomic mass is 10.1. The number of hydrogen-bond acceptors (Lipinski definition) is 12. The Balaban J connectivity index is 0.000000123. The molecule has 2 N–H and O–H groups in total. The van der Waals surface area contributed by atoms with Crippen molar-refractivity contribution in [1.29, 1.82) is 0 Å². The van der Waals surface area contributed by atoms with Gasteiger partial charge in [-0.3, -0.25) is 9.59 Å². The Kier molecular flexibility index (Phi) is 18.2. The fraction of sp³-hybridized carbons (Fsp3) is 0.385. The molecular formula is C65H58F14N8O7. The number of imidazole rings is 2. The molecule has 15 nitrogen and oxygen atoms in total. The zero-order valence-electron chi connectivity index (χ0n) is 49.5. The number of benzene rings is 5. The molecule has 15 rings (SSSR count).